The van der Waals surface area contributed by atoms with E-state index in [0.29, 0.717) is 15.5 Å². The molecule has 2 atom stereocenters. The first-order valence-electron chi connectivity index (χ1n) is 6.76. The second kappa shape index (κ2) is 6.32. The molecule has 1 aromatic carbocycles. The number of amides is 1. The number of anilines is 1. The van der Waals surface area contributed by atoms with E-state index in [9.17, 15) is 13.6 Å². The summed E-state index contributed by atoms with van der Waals surface area (Å²) >= 11 is 7.35. The molecule has 1 aliphatic heterocycles. The fourth-order valence-corrected chi connectivity index (χ4v) is 3.58. The van der Waals surface area contributed by atoms with Crippen LogP contribution in [0.4, 0.5) is 14.5 Å². The number of halogens is 3. The molecular formula is C15H13ClF2N2OS. The van der Waals surface area contributed by atoms with Gasteiger partial charge in [-0.3, -0.25) is 4.79 Å². The Hall–Kier alpha value is -1.50. The average Bonchev–Trinajstić information content (AvgIpc) is 3.10. The Morgan fingerprint density at radius 1 is 1.41 bits per heavy atom. The van der Waals surface area contributed by atoms with Crippen LogP contribution >= 0.6 is 22.9 Å². The molecule has 22 heavy (non-hydrogen) atoms. The molecule has 2 unspecified atom stereocenters. The molecule has 0 bridgehead atoms. The highest BCUT2D eigenvalue weighted by atomic mass is 35.5. The summed E-state index contributed by atoms with van der Waals surface area (Å²) in [7, 11) is 0. The van der Waals surface area contributed by atoms with Crippen molar-refractivity contribution in [2.45, 2.75) is 18.6 Å². The molecule has 3 rings (SSSR count). The van der Waals surface area contributed by atoms with Gasteiger partial charge in [-0.05, 0) is 17.5 Å². The molecule has 2 heterocycles. The van der Waals surface area contributed by atoms with Crippen LogP contribution in [-0.4, -0.2) is 24.7 Å². The van der Waals surface area contributed by atoms with Crippen LogP contribution in [0.1, 0.15) is 6.42 Å². The van der Waals surface area contributed by atoms with Crippen molar-refractivity contribution in [2.75, 3.05) is 11.9 Å². The lowest BCUT2D eigenvalue weighted by Crippen LogP contribution is -2.35. The second-order valence-electron chi connectivity index (χ2n) is 5.05. The van der Waals surface area contributed by atoms with Crippen molar-refractivity contribution in [2.24, 2.45) is 0 Å². The Balaban J connectivity index is 1.83. The van der Waals surface area contributed by atoms with Gasteiger partial charge in [-0.15, -0.1) is 11.3 Å². The fourth-order valence-electron chi connectivity index (χ4n) is 2.40. The maximum absolute atomic E-state index is 14.6. The maximum atomic E-state index is 14.6. The van der Waals surface area contributed by atoms with Gasteiger partial charge in [0.25, 0.3) is 0 Å². The van der Waals surface area contributed by atoms with Gasteiger partial charge in [0.15, 0.2) is 5.82 Å². The number of thiophene rings is 1. The molecule has 0 spiro atoms. The zero-order valence-corrected chi connectivity index (χ0v) is 13.0. The molecule has 0 saturated carbocycles. The number of carbonyl (C=O) groups excluding carboxylic acids is 1. The number of alkyl halides is 1. The van der Waals surface area contributed by atoms with Gasteiger partial charge < -0.3 is 10.6 Å². The van der Waals surface area contributed by atoms with Crippen molar-refractivity contribution >= 4 is 34.5 Å². The summed E-state index contributed by atoms with van der Waals surface area (Å²) in [4.78, 5) is 12.7. The van der Waals surface area contributed by atoms with Gasteiger partial charge in [-0.1, -0.05) is 23.7 Å². The van der Waals surface area contributed by atoms with E-state index in [4.69, 9.17) is 11.6 Å². The van der Waals surface area contributed by atoms with E-state index in [1.54, 1.807) is 23.6 Å². The molecule has 1 aromatic heterocycles. The van der Waals surface area contributed by atoms with Gasteiger partial charge in [0.05, 0.1) is 21.6 Å². The summed E-state index contributed by atoms with van der Waals surface area (Å²) in [5.41, 5.74) is 0.400. The highest BCUT2D eigenvalue weighted by molar-refractivity contribution is 7.14. The normalized spacial score (nSPS) is 21.0. The molecule has 1 saturated heterocycles. The third kappa shape index (κ3) is 2.99. The topological polar surface area (TPSA) is 41.1 Å². The van der Waals surface area contributed by atoms with Gasteiger partial charge in [0.2, 0.25) is 5.91 Å². The standard InChI is InChI=1S/C15H13ClF2N2OS/c16-10-4-5-22-14(10)9-2-1-3-11(13(9)18)20-15(21)12-6-8(17)7-19-12/h1-5,8,12,19H,6-7H2,(H,20,21). The van der Waals surface area contributed by atoms with Crippen molar-refractivity contribution in [3.63, 3.8) is 0 Å². The van der Waals surface area contributed by atoms with Gasteiger partial charge in [-0.25, -0.2) is 8.78 Å². The molecule has 0 radical (unpaired) electrons. The molecule has 7 heteroatoms. The van der Waals surface area contributed by atoms with E-state index in [1.165, 1.54) is 17.4 Å². The smallest absolute Gasteiger partial charge is 0.241 e. The fraction of sp³-hybridized carbons (Fsp3) is 0.267. The van der Waals surface area contributed by atoms with E-state index in [0.717, 1.165) is 0 Å². The molecule has 2 N–H and O–H groups in total. The monoisotopic (exact) mass is 342 g/mol. The number of nitrogens with one attached hydrogen (secondary N) is 2. The van der Waals surface area contributed by atoms with Crippen LogP contribution in [0.15, 0.2) is 29.6 Å². The van der Waals surface area contributed by atoms with Gasteiger partial charge >= 0.3 is 0 Å². The van der Waals surface area contributed by atoms with Crippen LogP contribution in [0.3, 0.4) is 0 Å². The highest BCUT2D eigenvalue weighted by Gasteiger charge is 2.29. The van der Waals surface area contributed by atoms with Gasteiger partial charge in [-0.2, -0.15) is 0 Å². The Morgan fingerprint density at radius 2 is 2.23 bits per heavy atom. The molecule has 3 nitrogen and oxygen atoms in total. The summed E-state index contributed by atoms with van der Waals surface area (Å²) in [5, 5.41) is 7.51. The SMILES string of the molecule is O=C(Nc1cccc(-c2sccc2Cl)c1F)C1CC(F)CN1. The predicted octanol–water partition coefficient (Wildman–Crippen LogP) is 3.85. The molecule has 1 amide bonds. The Morgan fingerprint density at radius 3 is 2.86 bits per heavy atom. The number of rotatable bonds is 3. The number of hydrogen-bond acceptors (Lipinski definition) is 3. The summed E-state index contributed by atoms with van der Waals surface area (Å²) in [6.07, 6.45) is -0.943. The lowest BCUT2D eigenvalue weighted by atomic mass is 10.1. The lowest BCUT2D eigenvalue weighted by molar-refractivity contribution is -0.117. The first-order valence-corrected chi connectivity index (χ1v) is 8.02. The summed E-state index contributed by atoms with van der Waals surface area (Å²) < 4.78 is 27.7. The van der Waals surface area contributed by atoms with Gasteiger partial charge in [0.1, 0.15) is 6.17 Å². The van der Waals surface area contributed by atoms with Crippen molar-refractivity contribution in [1.82, 2.24) is 5.32 Å². The molecular weight excluding hydrogens is 330 g/mol. The molecule has 1 fully saturated rings. The largest absolute Gasteiger partial charge is 0.322 e. The van der Waals surface area contributed by atoms with Crippen LogP contribution in [0.2, 0.25) is 5.02 Å². The van der Waals surface area contributed by atoms with Crippen molar-refractivity contribution in [3.8, 4) is 10.4 Å². The van der Waals surface area contributed by atoms with E-state index < -0.39 is 23.9 Å². The Labute approximate surface area is 135 Å². The minimum Gasteiger partial charge on any atom is -0.322 e. The second-order valence-corrected chi connectivity index (χ2v) is 6.37. The van der Waals surface area contributed by atoms with Crippen LogP contribution in [0.25, 0.3) is 10.4 Å². The third-order valence-corrected chi connectivity index (χ3v) is 4.89. The number of hydrogen-bond donors (Lipinski definition) is 2. The van der Waals surface area contributed by atoms with Crippen molar-refractivity contribution in [3.05, 3.63) is 40.5 Å². The first kappa shape index (κ1) is 15.4. The van der Waals surface area contributed by atoms with Gasteiger partial charge in [0, 0.05) is 18.5 Å². The number of benzene rings is 1. The first-order chi connectivity index (χ1) is 10.6. The van der Waals surface area contributed by atoms with E-state index in [-0.39, 0.29) is 18.7 Å². The predicted molar refractivity (Wildman–Crippen MR) is 84.7 cm³/mol. The van der Waals surface area contributed by atoms with Crippen LogP contribution in [0, 0.1) is 5.82 Å². The zero-order chi connectivity index (χ0) is 15.7. The minimum atomic E-state index is -1.04. The summed E-state index contributed by atoms with van der Waals surface area (Å²) in [5.74, 6) is -0.983. The molecule has 1 aliphatic rings. The maximum Gasteiger partial charge on any atom is 0.241 e. The van der Waals surface area contributed by atoms with E-state index >= 15 is 0 Å². The van der Waals surface area contributed by atoms with Crippen molar-refractivity contribution < 1.29 is 13.6 Å². The van der Waals surface area contributed by atoms with Crippen LogP contribution in [0.5, 0.6) is 0 Å². The van der Waals surface area contributed by atoms with Crippen molar-refractivity contribution in [1.29, 1.82) is 0 Å². The summed E-state index contributed by atoms with van der Waals surface area (Å²) in [6.45, 7) is 0.144. The van der Waals surface area contributed by atoms with E-state index in [2.05, 4.69) is 10.6 Å². The van der Waals surface area contributed by atoms with E-state index in [1.807, 2.05) is 0 Å². The molecule has 116 valence electrons. The molecule has 2 aromatic rings. The zero-order valence-electron chi connectivity index (χ0n) is 11.4. The summed E-state index contributed by atoms with van der Waals surface area (Å²) in [6, 6.07) is 5.78. The average molecular weight is 343 g/mol. The quantitative estimate of drug-likeness (QED) is 0.889. The number of carbonyl (C=O) groups is 1. The Kier molecular flexibility index (Phi) is 4.42. The lowest BCUT2D eigenvalue weighted by Gasteiger charge is -2.13. The third-order valence-electron chi connectivity index (χ3n) is 3.51. The minimum absolute atomic E-state index is 0.0658. The van der Waals surface area contributed by atoms with Crippen LogP contribution < -0.4 is 10.6 Å². The Bertz CT molecular complexity index is 707. The van der Waals surface area contributed by atoms with Crippen LogP contribution in [-0.2, 0) is 4.79 Å². The highest BCUT2D eigenvalue weighted by Crippen LogP contribution is 2.36. The molecule has 0 aliphatic carbocycles.